The number of rotatable bonds is 5. The van der Waals surface area contributed by atoms with Gasteiger partial charge in [-0.05, 0) is 19.3 Å². The lowest BCUT2D eigenvalue weighted by atomic mass is 9.94. The lowest BCUT2D eigenvalue weighted by molar-refractivity contribution is -0.0302. The Morgan fingerprint density at radius 3 is 2.36 bits per heavy atom. The third-order valence-corrected chi connectivity index (χ3v) is 3.78. The van der Waals surface area contributed by atoms with Crippen molar-refractivity contribution in [1.82, 2.24) is 0 Å². The summed E-state index contributed by atoms with van der Waals surface area (Å²) in [4.78, 5) is 0. The van der Waals surface area contributed by atoms with Crippen molar-refractivity contribution in [3.05, 3.63) is 0 Å². The molecule has 0 aromatic carbocycles. The molecule has 1 rings (SSSR count). The summed E-state index contributed by atoms with van der Waals surface area (Å²) in [6, 6.07) is 0. The van der Waals surface area contributed by atoms with Gasteiger partial charge in [-0.3, -0.25) is 0 Å². The Balaban J connectivity index is 2.32. The molecule has 1 aliphatic rings. The molecule has 3 nitrogen and oxygen atoms in total. The lowest BCUT2D eigenvalue weighted by Crippen LogP contribution is -2.32. The molecule has 0 radical (unpaired) electrons. The summed E-state index contributed by atoms with van der Waals surface area (Å²) in [7, 11) is 1.77. The van der Waals surface area contributed by atoms with Gasteiger partial charge in [-0.15, -0.1) is 0 Å². The molecule has 0 N–H and O–H groups in total. The van der Waals surface area contributed by atoms with Crippen molar-refractivity contribution in [2.75, 3.05) is 12.4 Å². The first-order valence-electron chi connectivity index (χ1n) is 4.82. The van der Waals surface area contributed by atoms with Crippen LogP contribution in [0.3, 0.4) is 0 Å². The van der Waals surface area contributed by atoms with Gasteiger partial charge >= 0.3 is 0 Å². The van der Waals surface area contributed by atoms with Crippen molar-refractivity contribution in [3.8, 4) is 0 Å². The summed E-state index contributed by atoms with van der Waals surface area (Å²) in [5.74, 6) is -0.0335. The highest BCUT2D eigenvalue weighted by molar-refractivity contribution is 8.13. The van der Waals surface area contributed by atoms with Gasteiger partial charge in [0.1, 0.15) is 0 Å². The average molecular weight is 241 g/mol. The summed E-state index contributed by atoms with van der Waals surface area (Å²) >= 11 is 0. The normalized spacial score (nSPS) is 19.4. The number of hydrogen-bond acceptors (Lipinski definition) is 3. The van der Waals surface area contributed by atoms with E-state index in [2.05, 4.69) is 0 Å². The molecule has 84 valence electrons. The van der Waals surface area contributed by atoms with E-state index in [0.717, 1.165) is 12.8 Å². The van der Waals surface area contributed by atoms with E-state index in [-0.39, 0.29) is 5.75 Å². The molecule has 1 saturated carbocycles. The minimum absolute atomic E-state index is 0.0335. The second kappa shape index (κ2) is 4.37. The molecule has 0 heterocycles. The Kier molecular flexibility index (Phi) is 3.83. The van der Waals surface area contributed by atoms with E-state index >= 15 is 0 Å². The third-order valence-electron chi connectivity index (χ3n) is 2.33. The molecule has 1 aliphatic carbocycles. The quantitative estimate of drug-likeness (QED) is 0.692. The van der Waals surface area contributed by atoms with Crippen LogP contribution in [0.1, 0.15) is 33.1 Å². The monoisotopic (exact) mass is 240 g/mol. The lowest BCUT2D eigenvalue weighted by Gasteiger charge is -2.30. The van der Waals surface area contributed by atoms with Gasteiger partial charge in [0.25, 0.3) is 0 Å². The van der Waals surface area contributed by atoms with Crippen molar-refractivity contribution in [1.29, 1.82) is 0 Å². The Labute approximate surface area is 90.2 Å². The van der Waals surface area contributed by atoms with E-state index in [1.54, 1.807) is 0 Å². The van der Waals surface area contributed by atoms with E-state index in [1.807, 2.05) is 13.8 Å². The summed E-state index contributed by atoms with van der Waals surface area (Å²) in [6.07, 6.45) is 3.76. The molecule has 0 spiro atoms. The van der Waals surface area contributed by atoms with Crippen LogP contribution in [0.4, 0.5) is 0 Å². The molecule has 1 fully saturated rings. The highest BCUT2D eigenvalue weighted by Gasteiger charge is 2.28. The van der Waals surface area contributed by atoms with Gasteiger partial charge in [-0.2, -0.15) is 0 Å². The van der Waals surface area contributed by atoms with Crippen LogP contribution in [0, 0.1) is 5.41 Å². The van der Waals surface area contributed by atoms with Crippen molar-refractivity contribution >= 4 is 19.7 Å². The minimum atomic E-state index is -3.43. The maximum atomic E-state index is 10.9. The molecule has 0 aromatic heterocycles. The van der Waals surface area contributed by atoms with E-state index in [9.17, 15) is 8.42 Å². The number of ether oxygens (including phenoxy) is 1. The first-order chi connectivity index (χ1) is 6.29. The maximum absolute atomic E-state index is 10.9. The van der Waals surface area contributed by atoms with E-state index in [4.69, 9.17) is 15.4 Å². The SMILES string of the molecule is CC(C)(COC1CCC1)CS(=O)(=O)Cl. The zero-order valence-electron chi connectivity index (χ0n) is 8.62. The first-order valence-corrected chi connectivity index (χ1v) is 7.30. The first kappa shape index (κ1) is 12.3. The Morgan fingerprint density at radius 2 is 2.00 bits per heavy atom. The van der Waals surface area contributed by atoms with Crippen LogP contribution in [0.15, 0.2) is 0 Å². The van der Waals surface area contributed by atoms with Crippen LogP contribution >= 0.6 is 10.7 Å². The largest absolute Gasteiger partial charge is 0.378 e. The molecule has 0 aromatic rings. The minimum Gasteiger partial charge on any atom is -0.378 e. The van der Waals surface area contributed by atoms with E-state index in [1.165, 1.54) is 6.42 Å². The Bertz CT molecular complexity index is 280. The summed E-state index contributed by atoms with van der Waals surface area (Å²) in [6.45, 7) is 4.17. The molecule has 0 aliphatic heterocycles. The Morgan fingerprint density at radius 1 is 1.43 bits per heavy atom. The molecular formula is C9H17ClO3S. The summed E-state index contributed by atoms with van der Waals surface area (Å²) in [5, 5.41) is 0. The zero-order chi connectivity index (χ0) is 10.8. The summed E-state index contributed by atoms with van der Waals surface area (Å²) in [5.41, 5.74) is -0.393. The fraction of sp³-hybridized carbons (Fsp3) is 1.00. The molecule has 0 unspecified atom stereocenters. The molecular weight excluding hydrogens is 224 g/mol. The van der Waals surface area contributed by atoms with Gasteiger partial charge in [0, 0.05) is 16.1 Å². The van der Waals surface area contributed by atoms with Gasteiger partial charge in [0.15, 0.2) is 0 Å². The number of hydrogen-bond donors (Lipinski definition) is 0. The second-order valence-electron chi connectivity index (χ2n) is 4.71. The van der Waals surface area contributed by atoms with Crippen molar-refractivity contribution < 1.29 is 13.2 Å². The molecule has 0 saturated heterocycles. The van der Waals surface area contributed by atoms with Crippen LogP contribution < -0.4 is 0 Å². The molecule has 14 heavy (non-hydrogen) atoms. The van der Waals surface area contributed by atoms with Crippen LogP contribution in [0.5, 0.6) is 0 Å². The molecule has 0 bridgehead atoms. The molecule has 0 amide bonds. The Hall–Kier alpha value is 0.200. The molecule has 0 atom stereocenters. The van der Waals surface area contributed by atoms with Crippen molar-refractivity contribution in [3.63, 3.8) is 0 Å². The number of halogens is 1. The van der Waals surface area contributed by atoms with Crippen molar-refractivity contribution in [2.45, 2.75) is 39.2 Å². The van der Waals surface area contributed by atoms with Gasteiger partial charge in [-0.25, -0.2) is 8.42 Å². The second-order valence-corrected chi connectivity index (χ2v) is 7.49. The predicted molar refractivity (Wildman–Crippen MR) is 57.0 cm³/mol. The fourth-order valence-corrected chi connectivity index (χ4v) is 3.29. The predicted octanol–water partition coefficient (Wildman–Crippen LogP) is 2.15. The van der Waals surface area contributed by atoms with Crippen LogP contribution in [0.2, 0.25) is 0 Å². The highest BCUT2D eigenvalue weighted by Crippen LogP contribution is 2.26. The van der Waals surface area contributed by atoms with Crippen LogP contribution in [0.25, 0.3) is 0 Å². The average Bonchev–Trinajstić information content (AvgIpc) is 1.75. The van der Waals surface area contributed by atoms with Crippen LogP contribution in [-0.4, -0.2) is 26.9 Å². The fourth-order valence-electron chi connectivity index (χ4n) is 1.39. The highest BCUT2D eigenvalue weighted by atomic mass is 35.7. The zero-order valence-corrected chi connectivity index (χ0v) is 10.2. The summed E-state index contributed by atoms with van der Waals surface area (Å²) < 4.78 is 27.3. The topological polar surface area (TPSA) is 43.4 Å². The van der Waals surface area contributed by atoms with Crippen molar-refractivity contribution in [2.24, 2.45) is 5.41 Å². The van der Waals surface area contributed by atoms with E-state index in [0.29, 0.717) is 12.7 Å². The van der Waals surface area contributed by atoms with Crippen LogP contribution in [-0.2, 0) is 13.8 Å². The van der Waals surface area contributed by atoms with Gasteiger partial charge in [-0.1, -0.05) is 13.8 Å². The smallest absolute Gasteiger partial charge is 0.233 e. The van der Waals surface area contributed by atoms with Gasteiger partial charge < -0.3 is 4.74 Å². The van der Waals surface area contributed by atoms with Gasteiger partial charge in [0.2, 0.25) is 9.05 Å². The third kappa shape index (κ3) is 4.62. The van der Waals surface area contributed by atoms with E-state index < -0.39 is 14.5 Å². The van der Waals surface area contributed by atoms with Gasteiger partial charge in [0.05, 0.1) is 18.5 Å². The standard InChI is InChI=1S/C9H17ClO3S/c1-9(2,7-14(10,11)12)6-13-8-4-3-5-8/h8H,3-7H2,1-2H3. The molecule has 5 heteroatoms. The maximum Gasteiger partial charge on any atom is 0.233 e.